The summed E-state index contributed by atoms with van der Waals surface area (Å²) in [5.74, 6) is 0. The van der Waals surface area contributed by atoms with Crippen LogP contribution in [0.4, 0.5) is 0 Å². The van der Waals surface area contributed by atoms with Crippen molar-refractivity contribution in [3.8, 4) is 0 Å². The first-order valence-corrected chi connectivity index (χ1v) is 5.90. The molecule has 0 unspecified atom stereocenters. The summed E-state index contributed by atoms with van der Waals surface area (Å²) in [6.07, 6.45) is 13.6. The molecule has 0 aromatic rings. The van der Waals surface area contributed by atoms with Crippen molar-refractivity contribution in [2.75, 3.05) is 0 Å². The largest absolute Gasteiger partial charge is 0.0859 e. The zero-order chi connectivity index (χ0) is 9.94. The SMILES string of the molecule is CCCCCCCCCC=C(C)C. The van der Waals surface area contributed by atoms with E-state index in [4.69, 9.17) is 0 Å². The second-order valence-electron chi connectivity index (χ2n) is 4.19. The fraction of sp³-hybridized carbons (Fsp3) is 0.846. The molecule has 0 aromatic heterocycles. The highest BCUT2D eigenvalue weighted by Crippen LogP contribution is 2.09. The van der Waals surface area contributed by atoms with Crippen LogP contribution in [-0.2, 0) is 0 Å². The van der Waals surface area contributed by atoms with Gasteiger partial charge in [-0.3, -0.25) is 0 Å². The van der Waals surface area contributed by atoms with Crippen LogP contribution in [0.2, 0.25) is 0 Å². The van der Waals surface area contributed by atoms with Crippen molar-refractivity contribution in [1.82, 2.24) is 0 Å². The number of hydrogen-bond acceptors (Lipinski definition) is 0. The standard InChI is InChI=1S/C13H26/c1-4-5-6-7-8-9-10-11-12-13(2)3/h12H,4-11H2,1-3H3. The Morgan fingerprint density at radius 3 is 1.92 bits per heavy atom. The summed E-state index contributed by atoms with van der Waals surface area (Å²) >= 11 is 0. The Bertz CT molecular complexity index is 118. The first-order chi connectivity index (χ1) is 6.27. The molecule has 0 radical (unpaired) electrons. The van der Waals surface area contributed by atoms with Crippen LogP contribution in [0.25, 0.3) is 0 Å². The van der Waals surface area contributed by atoms with Gasteiger partial charge in [-0.1, -0.05) is 57.1 Å². The Morgan fingerprint density at radius 2 is 1.38 bits per heavy atom. The van der Waals surface area contributed by atoms with Gasteiger partial charge in [0.25, 0.3) is 0 Å². The van der Waals surface area contributed by atoms with Crippen molar-refractivity contribution >= 4 is 0 Å². The molecule has 0 aliphatic carbocycles. The predicted molar refractivity (Wildman–Crippen MR) is 62.0 cm³/mol. The van der Waals surface area contributed by atoms with E-state index in [1.165, 1.54) is 56.9 Å². The summed E-state index contributed by atoms with van der Waals surface area (Å²) in [6.45, 7) is 6.64. The fourth-order valence-electron chi connectivity index (χ4n) is 1.49. The second-order valence-corrected chi connectivity index (χ2v) is 4.19. The smallest absolute Gasteiger partial charge is 0.0348 e. The zero-order valence-electron chi connectivity index (χ0n) is 9.73. The van der Waals surface area contributed by atoms with E-state index >= 15 is 0 Å². The van der Waals surface area contributed by atoms with Crippen LogP contribution in [-0.4, -0.2) is 0 Å². The molecule has 0 atom stereocenters. The molecule has 0 saturated carbocycles. The van der Waals surface area contributed by atoms with Crippen LogP contribution in [0.3, 0.4) is 0 Å². The van der Waals surface area contributed by atoms with Crippen LogP contribution in [0.1, 0.15) is 72.1 Å². The molecule has 78 valence electrons. The minimum atomic E-state index is 1.29. The maximum Gasteiger partial charge on any atom is -0.0348 e. The van der Waals surface area contributed by atoms with Crippen LogP contribution in [0.15, 0.2) is 11.6 Å². The minimum Gasteiger partial charge on any atom is -0.0859 e. The third kappa shape index (κ3) is 11.7. The van der Waals surface area contributed by atoms with Gasteiger partial charge in [0, 0.05) is 0 Å². The molecule has 0 spiro atoms. The summed E-state index contributed by atoms with van der Waals surface area (Å²) in [5.41, 5.74) is 1.46. The van der Waals surface area contributed by atoms with Gasteiger partial charge in [-0.05, 0) is 26.7 Å². The molecular weight excluding hydrogens is 156 g/mol. The molecule has 0 heteroatoms. The number of rotatable bonds is 8. The van der Waals surface area contributed by atoms with E-state index in [1.807, 2.05) is 0 Å². The molecular formula is C13H26. The topological polar surface area (TPSA) is 0 Å². The van der Waals surface area contributed by atoms with E-state index in [-0.39, 0.29) is 0 Å². The lowest BCUT2D eigenvalue weighted by Gasteiger charge is -1.99. The van der Waals surface area contributed by atoms with Crippen LogP contribution >= 0.6 is 0 Å². The Kier molecular flexibility index (Phi) is 9.63. The van der Waals surface area contributed by atoms with Gasteiger partial charge in [-0.15, -0.1) is 0 Å². The third-order valence-electron chi connectivity index (χ3n) is 2.36. The van der Waals surface area contributed by atoms with Crippen molar-refractivity contribution in [1.29, 1.82) is 0 Å². The Balaban J connectivity index is 2.96. The quantitative estimate of drug-likeness (QED) is 0.362. The predicted octanol–water partition coefficient (Wildman–Crippen LogP) is 5.09. The number of unbranched alkanes of at least 4 members (excludes halogenated alkanes) is 7. The molecule has 0 amide bonds. The molecule has 13 heavy (non-hydrogen) atoms. The van der Waals surface area contributed by atoms with Crippen molar-refractivity contribution in [2.45, 2.75) is 72.1 Å². The molecule has 0 aromatic carbocycles. The third-order valence-corrected chi connectivity index (χ3v) is 2.36. The van der Waals surface area contributed by atoms with Gasteiger partial charge in [0.15, 0.2) is 0 Å². The zero-order valence-corrected chi connectivity index (χ0v) is 9.73. The highest BCUT2D eigenvalue weighted by atomic mass is 14.0. The summed E-state index contributed by atoms with van der Waals surface area (Å²) in [7, 11) is 0. The van der Waals surface area contributed by atoms with Crippen LogP contribution < -0.4 is 0 Å². The lowest BCUT2D eigenvalue weighted by atomic mass is 10.1. The summed E-state index contributed by atoms with van der Waals surface area (Å²) in [6, 6.07) is 0. The van der Waals surface area contributed by atoms with Crippen molar-refractivity contribution in [3.63, 3.8) is 0 Å². The molecule has 0 N–H and O–H groups in total. The lowest BCUT2D eigenvalue weighted by Crippen LogP contribution is -1.79. The highest BCUT2D eigenvalue weighted by molar-refractivity contribution is 4.92. The normalized spacial score (nSPS) is 10.1. The molecule has 0 aliphatic heterocycles. The number of hydrogen-bond donors (Lipinski definition) is 0. The maximum absolute atomic E-state index is 2.35. The number of allylic oxidation sites excluding steroid dienone is 2. The first-order valence-electron chi connectivity index (χ1n) is 5.90. The van der Waals surface area contributed by atoms with Crippen LogP contribution in [0, 0.1) is 0 Å². The summed E-state index contributed by atoms with van der Waals surface area (Å²) in [5, 5.41) is 0. The Morgan fingerprint density at radius 1 is 0.846 bits per heavy atom. The van der Waals surface area contributed by atoms with Gasteiger partial charge in [0.2, 0.25) is 0 Å². The van der Waals surface area contributed by atoms with Gasteiger partial charge in [0.1, 0.15) is 0 Å². The lowest BCUT2D eigenvalue weighted by molar-refractivity contribution is 0.592. The Labute approximate surface area is 84.4 Å². The van der Waals surface area contributed by atoms with Crippen molar-refractivity contribution in [3.05, 3.63) is 11.6 Å². The van der Waals surface area contributed by atoms with Gasteiger partial charge >= 0.3 is 0 Å². The summed E-state index contributed by atoms with van der Waals surface area (Å²) in [4.78, 5) is 0. The van der Waals surface area contributed by atoms with Crippen molar-refractivity contribution < 1.29 is 0 Å². The maximum atomic E-state index is 2.35. The first kappa shape index (κ1) is 12.7. The molecule has 0 nitrogen and oxygen atoms in total. The van der Waals surface area contributed by atoms with Gasteiger partial charge in [-0.25, -0.2) is 0 Å². The molecule has 0 aliphatic rings. The van der Waals surface area contributed by atoms with E-state index < -0.39 is 0 Å². The van der Waals surface area contributed by atoms with E-state index in [0.717, 1.165) is 0 Å². The fourth-order valence-corrected chi connectivity index (χ4v) is 1.49. The Hall–Kier alpha value is -0.260. The van der Waals surface area contributed by atoms with Crippen LogP contribution in [0.5, 0.6) is 0 Å². The minimum absolute atomic E-state index is 1.29. The molecule has 0 heterocycles. The molecule has 0 rings (SSSR count). The molecule has 0 bridgehead atoms. The monoisotopic (exact) mass is 182 g/mol. The average Bonchev–Trinajstić information content (AvgIpc) is 2.09. The van der Waals surface area contributed by atoms with Gasteiger partial charge in [-0.2, -0.15) is 0 Å². The second kappa shape index (κ2) is 9.83. The van der Waals surface area contributed by atoms with E-state index in [2.05, 4.69) is 26.8 Å². The van der Waals surface area contributed by atoms with Gasteiger partial charge < -0.3 is 0 Å². The van der Waals surface area contributed by atoms with Gasteiger partial charge in [0.05, 0.1) is 0 Å². The molecule has 0 fully saturated rings. The van der Waals surface area contributed by atoms with E-state index in [1.54, 1.807) is 0 Å². The molecule has 0 saturated heterocycles. The average molecular weight is 182 g/mol. The van der Waals surface area contributed by atoms with E-state index in [9.17, 15) is 0 Å². The summed E-state index contributed by atoms with van der Waals surface area (Å²) < 4.78 is 0. The van der Waals surface area contributed by atoms with Crippen molar-refractivity contribution in [2.24, 2.45) is 0 Å². The van der Waals surface area contributed by atoms with E-state index in [0.29, 0.717) is 0 Å². The highest BCUT2D eigenvalue weighted by Gasteiger charge is 1.89.